The maximum Gasteiger partial charge on any atom is 0.264 e. The van der Waals surface area contributed by atoms with Crippen LogP contribution < -0.4 is 15.1 Å². The first-order valence-electron chi connectivity index (χ1n) is 10.5. The molecule has 0 unspecified atom stereocenters. The van der Waals surface area contributed by atoms with Gasteiger partial charge in [-0.15, -0.1) is 0 Å². The van der Waals surface area contributed by atoms with Crippen molar-refractivity contribution >= 4 is 44.1 Å². The van der Waals surface area contributed by atoms with Crippen molar-refractivity contribution in [2.45, 2.75) is 11.3 Å². The van der Waals surface area contributed by atoms with Gasteiger partial charge in [0.1, 0.15) is 5.56 Å². The van der Waals surface area contributed by atoms with Gasteiger partial charge in [0.15, 0.2) is 0 Å². The first-order chi connectivity index (χ1) is 16.3. The second-order valence-corrected chi connectivity index (χ2v) is 10.1. The number of hydrogen-bond acceptors (Lipinski definition) is 4. The number of rotatable bonds is 7. The number of hydrogen-bond donors (Lipinski definition) is 2. The summed E-state index contributed by atoms with van der Waals surface area (Å²) in [6, 6.07) is 20.2. The maximum absolute atomic E-state index is 13.2. The van der Waals surface area contributed by atoms with Crippen molar-refractivity contribution in [2.75, 3.05) is 17.9 Å². The Balaban J connectivity index is 1.60. The molecule has 0 saturated heterocycles. The molecule has 9 heteroatoms. The normalized spacial score (nSPS) is 11.4. The molecule has 1 aromatic heterocycles. The van der Waals surface area contributed by atoms with Crippen LogP contribution in [-0.4, -0.2) is 32.9 Å². The maximum atomic E-state index is 13.2. The van der Waals surface area contributed by atoms with E-state index in [0.29, 0.717) is 29.2 Å². The molecule has 0 aliphatic carbocycles. The molecule has 0 aliphatic heterocycles. The molecule has 174 valence electrons. The largest absolute Gasteiger partial charge is 0.360 e. The van der Waals surface area contributed by atoms with E-state index in [9.17, 15) is 18.0 Å². The first kappa shape index (κ1) is 23.5. The highest BCUT2D eigenvalue weighted by Crippen LogP contribution is 2.25. The van der Waals surface area contributed by atoms with Crippen molar-refractivity contribution in [1.82, 2.24) is 10.3 Å². The van der Waals surface area contributed by atoms with Crippen molar-refractivity contribution in [3.05, 3.63) is 105 Å². The third-order valence-electron chi connectivity index (χ3n) is 5.49. The van der Waals surface area contributed by atoms with Crippen LogP contribution in [0.15, 0.2) is 88.7 Å². The monoisotopic (exact) mass is 495 g/mol. The number of aromatic amines is 1. The molecule has 0 atom stereocenters. The van der Waals surface area contributed by atoms with Crippen LogP contribution in [0.3, 0.4) is 0 Å². The van der Waals surface area contributed by atoms with Crippen molar-refractivity contribution in [2.24, 2.45) is 0 Å². The SMILES string of the molecule is CN(c1ccc(Cl)cc1)S(=O)(=O)c1ccc2[nH]cc(C(=O)NCCc3ccccc3)c(=O)c2c1. The summed E-state index contributed by atoms with van der Waals surface area (Å²) in [7, 11) is -2.53. The first-order valence-corrected chi connectivity index (χ1v) is 12.3. The van der Waals surface area contributed by atoms with Crippen LogP contribution in [0.2, 0.25) is 5.02 Å². The second kappa shape index (κ2) is 9.70. The fraction of sp³-hybridized carbons (Fsp3) is 0.120. The van der Waals surface area contributed by atoms with Crippen LogP contribution in [0.4, 0.5) is 5.69 Å². The van der Waals surface area contributed by atoms with Crippen molar-refractivity contribution in [1.29, 1.82) is 0 Å². The van der Waals surface area contributed by atoms with Gasteiger partial charge in [0.05, 0.1) is 10.6 Å². The molecule has 4 aromatic rings. The van der Waals surface area contributed by atoms with E-state index in [1.807, 2.05) is 30.3 Å². The lowest BCUT2D eigenvalue weighted by atomic mass is 10.1. The summed E-state index contributed by atoms with van der Waals surface area (Å²) in [6.45, 7) is 0.362. The third kappa shape index (κ3) is 4.83. The van der Waals surface area contributed by atoms with Crippen LogP contribution >= 0.6 is 11.6 Å². The van der Waals surface area contributed by atoms with Gasteiger partial charge in [0, 0.05) is 35.7 Å². The van der Waals surface area contributed by atoms with Crippen LogP contribution in [-0.2, 0) is 16.4 Å². The Hall–Kier alpha value is -3.62. The van der Waals surface area contributed by atoms with Crippen LogP contribution in [0.1, 0.15) is 15.9 Å². The third-order valence-corrected chi connectivity index (χ3v) is 7.52. The number of carbonyl (C=O) groups excluding carboxylic acids is 1. The van der Waals surface area contributed by atoms with Gasteiger partial charge >= 0.3 is 0 Å². The summed E-state index contributed by atoms with van der Waals surface area (Å²) in [6.07, 6.45) is 1.97. The van der Waals surface area contributed by atoms with Gasteiger partial charge in [-0.25, -0.2) is 8.42 Å². The number of nitrogens with zero attached hydrogens (tertiary/aromatic N) is 1. The molecule has 3 aromatic carbocycles. The molecule has 4 rings (SSSR count). The number of sulfonamides is 1. The molecule has 2 N–H and O–H groups in total. The summed E-state index contributed by atoms with van der Waals surface area (Å²) < 4.78 is 27.4. The van der Waals surface area contributed by atoms with Crippen molar-refractivity contribution in [3.8, 4) is 0 Å². The molecule has 0 fully saturated rings. The Morgan fingerprint density at radius 3 is 2.44 bits per heavy atom. The highest BCUT2D eigenvalue weighted by Gasteiger charge is 2.23. The lowest BCUT2D eigenvalue weighted by molar-refractivity contribution is 0.0953. The van der Waals surface area contributed by atoms with Crippen molar-refractivity contribution < 1.29 is 13.2 Å². The molecular formula is C25H22ClN3O4S. The van der Waals surface area contributed by atoms with E-state index < -0.39 is 21.4 Å². The van der Waals surface area contributed by atoms with Gasteiger partial charge in [0.2, 0.25) is 5.43 Å². The van der Waals surface area contributed by atoms with Crippen molar-refractivity contribution in [3.63, 3.8) is 0 Å². The minimum atomic E-state index is -3.95. The van der Waals surface area contributed by atoms with E-state index in [4.69, 9.17) is 11.6 Å². The lowest BCUT2D eigenvalue weighted by Gasteiger charge is -2.19. The molecule has 1 amide bonds. The van der Waals surface area contributed by atoms with Crippen LogP contribution in [0.5, 0.6) is 0 Å². The van der Waals surface area contributed by atoms with E-state index in [-0.39, 0.29) is 15.8 Å². The molecule has 0 aliphatic rings. The molecule has 0 bridgehead atoms. The zero-order chi connectivity index (χ0) is 24.3. The summed E-state index contributed by atoms with van der Waals surface area (Å²) in [5, 5.41) is 3.35. The molecular weight excluding hydrogens is 474 g/mol. The molecule has 0 radical (unpaired) electrons. The number of benzene rings is 3. The smallest absolute Gasteiger partial charge is 0.264 e. The van der Waals surface area contributed by atoms with E-state index in [1.165, 1.54) is 31.4 Å². The van der Waals surface area contributed by atoms with E-state index in [2.05, 4.69) is 10.3 Å². The Labute approximate surface area is 202 Å². The Bertz CT molecular complexity index is 1500. The Morgan fingerprint density at radius 2 is 1.74 bits per heavy atom. The zero-order valence-corrected chi connectivity index (χ0v) is 19.9. The predicted octanol–water partition coefficient (Wildman–Crippen LogP) is 3.98. The highest BCUT2D eigenvalue weighted by molar-refractivity contribution is 7.92. The predicted molar refractivity (Wildman–Crippen MR) is 134 cm³/mol. The highest BCUT2D eigenvalue weighted by atomic mass is 35.5. The van der Waals surface area contributed by atoms with E-state index in [1.54, 1.807) is 24.3 Å². The van der Waals surface area contributed by atoms with Crippen LogP contribution in [0, 0.1) is 0 Å². The number of amides is 1. The topological polar surface area (TPSA) is 99.3 Å². The summed E-state index contributed by atoms with van der Waals surface area (Å²) in [5.74, 6) is -0.523. The molecule has 34 heavy (non-hydrogen) atoms. The minimum absolute atomic E-state index is 0.0652. The minimum Gasteiger partial charge on any atom is -0.360 e. The van der Waals surface area contributed by atoms with Crippen LogP contribution in [0.25, 0.3) is 10.9 Å². The number of carbonyl (C=O) groups is 1. The van der Waals surface area contributed by atoms with E-state index in [0.717, 1.165) is 9.87 Å². The number of aromatic nitrogens is 1. The molecule has 0 spiro atoms. The summed E-state index contributed by atoms with van der Waals surface area (Å²) in [4.78, 5) is 28.5. The number of pyridine rings is 1. The number of fused-ring (bicyclic) bond motifs is 1. The molecule has 7 nitrogen and oxygen atoms in total. The van der Waals surface area contributed by atoms with Gasteiger partial charge in [-0.05, 0) is 54.4 Å². The Morgan fingerprint density at radius 1 is 1.03 bits per heavy atom. The number of nitrogens with one attached hydrogen (secondary N) is 2. The van der Waals surface area contributed by atoms with Gasteiger partial charge in [-0.1, -0.05) is 41.9 Å². The lowest BCUT2D eigenvalue weighted by Crippen LogP contribution is -2.30. The quantitative estimate of drug-likeness (QED) is 0.405. The fourth-order valence-corrected chi connectivity index (χ4v) is 4.88. The van der Waals surface area contributed by atoms with Gasteiger partial charge in [-0.3, -0.25) is 13.9 Å². The summed E-state index contributed by atoms with van der Waals surface area (Å²) >= 11 is 5.89. The van der Waals surface area contributed by atoms with Gasteiger partial charge in [-0.2, -0.15) is 0 Å². The second-order valence-electron chi connectivity index (χ2n) is 7.68. The standard InChI is InChI=1S/C25H22ClN3O4S/c1-29(19-9-7-18(26)8-10-19)34(32,33)20-11-12-23-21(15-20)24(30)22(16-28-23)25(31)27-14-13-17-5-3-2-4-6-17/h2-12,15-16H,13-14H2,1H3,(H,27,31)(H,28,30). The van der Waals surface area contributed by atoms with Gasteiger partial charge < -0.3 is 10.3 Å². The van der Waals surface area contributed by atoms with E-state index >= 15 is 0 Å². The van der Waals surface area contributed by atoms with Gasteiger partial charge in [0.25, 0.3) is 15.9 Å². The molecule has 0 saturated carbocycles. The Kier molecular flexibility index (Phi) is 6.72. The average molecular weight is 496 g/mol. The molecule has 1 heterocycles. The number of H-pyrrole nitrogens is 1. The number of anilines is 1. The fourth-order valence-electron chi connectivity index (χ4n) is 3.53. The number of halogens is 1. The average Bonchev–Trinajstić information content (AvgIpc) is 2.84. The summed E-state index contributed by atoms with van der Waals surface area (Å²) in [5.41, 5.74) is 1.29. The zero-order valence-electron chi connectivity index (χ0n) is 18.3.